The van der Waals surface area contributed by atoms with Gasteiger partial charge in [0.05, 0.1) is 23.0 Å². The Balaban J connectivity index is 2.75. The van der Waals surface area contributed by atoms with Crippen LogP contribution in [0.4, 0.5) is 14.5 Å². The van der Waals surface area contributed by atoms with E-state index in [1.165, 1.54) is 0 Å². The van der Waals surface area contributed by atoms with Crippen LogP contribution in [0.1, 0.15) is 41.4 Å². The van der Waals surface area contributed by atoms with Crippen molar-refractivity contribution >= 4 is 27.6 Å². The van der Waals surface area contributed by atoms with E-state index in [-0.39, 0.29) is 16.1 Å². The van der Waals surface area contributed by atoms with Crippen molar-refractivity contribution < 1.29 is 23.0 Å². The van der Waals surface area contributed by atoms with Gasteiger partial charge in [0.25, 0.3) is 0 Å². The number of halogens is 3. The number of aromatic nitrogens is 1. The number of nitrogens with zero attached hydrogens (tertiary/aromatic N) is 1. The van der Waals surface area contributed by atoms with Gasteiger partial charge in [-0.1, -0.05) is 13.8 Å². The summed E-state index contributed by atoms with van der Waals surface area (Å²) in [5.74, 6) is -3.62. The summed E-state index contributed by atoms with van der Waals surface area (Å²) in [7, 11) is 1.05. The predicted molar refractivity (Wildman–Crippen MR) is 92.9 cm³/mol. The van der Waals surface area contributed by atoms with Crippen molar-refractivity contribution in [1.82, 2.24) is 4.98 Å². The Morgan fingerprint density at radius 1 is 1.28 bits per heavy atom. The molecule has 0 aliphatic rings. The number of ether oxygens (including phenoxy) is 2. The Labute approximate surface area is 152 Å². The van der Waals surface area contributed by atoms with Crippen LogP contribution in [0.15, 0.2) is 16.7 Å². The Kier molecular flexibility index (Phi) is 5.62. The van der Waals surface area contributed by atoms with Gasteiger partial charge in [0.1, 0.15) is 5.56 Å². The van der Waals surface area contributed by atoms with Crippen LogP contribution in [0.2, 0.25) is 0 Å². The van der Waals surface area contributed by atoms with Crippen molar-refractivity contribution in [2.24, 2.45) is 0 Å². The molecule has 0 saturated carbocycles. The Hall–Kier alpha value is -2.22. The molecule has 2 rings (SSSR count). The molecule has 25 heavy (non-hydrogen) atoms. The fourth-order valence-corrected chi connectivity index (χ4v) is 2.60. The average molecular weight is 415 g/mol. The lowest BCUT2D eigenvalue weighted by Gasteiger charge is -2.18. The highest BCUT2D eigenvalue weighted by atomic mass is 79.9. The van der Waals surface area contributed by atoms with Gasteiger partial charge in [-0.25, -0.2) is 13.6 Å². The molecule has 8 heteroatoms. The summed E-state index contributed by atoms with van der Waals surface area (Å²) in [5.41, 5.74) is 5.45. The number of benzene rings is 1. The van der Waals surface area contributed by atoms with Crippen LogP contribution in [-0.2, 0) is 4.74 Å². The van der Waals surface area contributed by atoms with Gasteiger partial charge < -0.3 is 15.2 Å². The molecular formula is C17H17BrF2N2O3. The van der Waals surface area contributed by atoms with E-state index in [1.807, 2.05) is 13.8 Å². The summed E-state index contributed by atoms with van der Waals surface area (Å²) in [6.07, 6.45) is 1.59. The monoisotopic (exact) mass is 414 g/mol. The lowest BCUT2D eigenvalue weighted by atomic mass is 10.1. The molecule has 0 saturated heterocycles. The molecule has 5 nitrogen and oxygen atoms in total. The maximum atomic E-state index is 14.7. The quantitative estimate of drug-likeness (QED) is 0.445. The molecule has 0 unspecified atom stereocenters. The maximum absolute atomic E-state index is 14.7. The topological polar surface area (TPSA) is 74.4 Å². The zero-order chi connectivity index (χ0) is 18.9. The van der Waals surface area contributed by atoms with Crippen molar-refractivity contribution in [3.63, 3.8) is 0 Å². The first kappa shape index (κ1) is 19.1. The zero-order valence-corrected chi connectivity index (χ0v) is 15.7. The van der Waals surface area contributed by atoms with Crippen molar-refractivity contribution in [1.29, 1.82) is 0 Å². The SMILES string of the molecule is COC(=O)c1c(F)c(N)c(Br)c(F)c1Oc1c(C)ccnc1C(C)C. The van der Waals surface area contributed by atoms with E-state index in [4.69, 9.17) is 10.5 Å². The number of pyridine rings is 1. The van der Waals surface area contributed by atoms with Crippen molar-refractivity contribution in [2.75, 3.05) is 12.8 Å². The predicted octanol–water partition coefficient (Wildman–Crippen LogP) is 4.72. The standard InChI is InChI=1S/C17H17BrF2N2O3/c1-7(2)14-15(8(3)5-6-22-14)25-16-9(17(23)24-4)11(19)13(21)10(18)12(16)20/h5-7H,21H2,1-4H3. The molecule has 0 fully saturated rings. The number of carbonyl (C=O) groups excluding carboxylic acids is 1. The minimum atomic E-state index is -1.12. The molecule has 0 bridgehead atoms. The molecule has 0 aliphatic heterocycles. The second kappa shape index (κ2) is 7.35. The molecule has 2 aromatic rings. The van der Waals surface area contributed by atoms with E-state index < -0.39 is 34.6 Å². The number of rotatable bonds is 4. The van der Waals surface area contributed by atoms with E-state index in [9.17, 15) is 13.6 Å². The van der Waals surface area contributed by atoms with E-state index in [0.717, 1.165) is 7.11 Å². The third-order valence-corrected chi connectivity index (χ3v) is 4.36. The normalized spacial score (nSPS) is 10.9. The number of carbonyl (C=O) groups is 1. The van der Waals surface area contributed by atoms with Gasteiger partial charge in [0.15, 0.2) is 23.1 Å². The molecule has 2 N–H and O–H groups in total. The first-order valence-electron chi connectivity index (χ1n) is 7.38. The highest BCUT2D eigenvalue weighted by Crippen LogP contribution is 2.41. The summed E-state index contributed by atoms with van der Waals surface area (Å²) in [5, 5.41) is 0. The highest BCUT2D eigenvalue weighted by molar-refractivity contribution is 9.10. The Morgan fingerprint density at radius 3 is 2.48 bits per heavy atom. The maximum Gasteiger partial charge on any atom is 0.344 e. The van der Waals surface area contributed by atoms with E-state index >= 15 is 0 Å². The van der Waals surface area contributed by atoms with E-state index in [2.05, 4.69) is 25.7 Å². The fraction of sp³-hybridized carbons (Fsp3) is 0.294. The second-order valence-corrected chi connectivity index (χ2v) is 6.44. The summed E-state index contributed by atoms with van der Waals surface area (Å²) in [4.78, 5) is 16.2. The third-order valence-electron chi connectivity index (χ3n) is 3.58. The number of nitrogens with two attached hydrogens (primary N) is 1. The molecule has 1 aromatic heterocycles. The largest absolute Gasteiger partial charge is 0.465 e. The van der Waals surface area contributed by atoms with Gasteiger partial charge in [-0.15, -0.1) is 0 Å². The van der Waals surface area contributed by atoms with Crippen molar-refractivity contribution in [3.05, 3.63) is 45.2 Å². The molecule has 0 amide bonds. The van der Waals surface area contributed by atoms with Gasteiger partial charge >= 0.3 is 5.97 Å². The van der Waals surface area contributed by atoms with Crippen LogP contribution in [0.25, 0.3) is 0 Å². The molecule has 134 valence electrons. The molecule has 0 spiro atoms. The lowest BCUT2D eigenvalue weighted by molar-refractivity contribution is 0.0591. The number of hydrogen-bond donors (Lipinski definition) is 1. The van der Waals surface area contributed by atoms with Gasteiger partial charge in [0, 0.05) is 6.20 Å². The smallest absolute Gasteiger partial charge is 0.344 e. The fourth-order valence-electron chi connectivity index (χ4n) is 2.25. The molecule has 1 heterocycles. The number of esters is 1. The van der Waals surface area contributed by atoms with Gasteiger partial charge in [-0.3, -0.25) is 4.98 Å². The molecule has 0 atom stereocenters. The first-order valence-corrected chi connectivity index (χ1v) is 8.17. The van der Waals surface area contributed by atoms with Crippen molar-refractivity contribution in [2.45, 2.75) is 26.7 Å². The highest BCUT2D eigenvalue weighted by Gasteiger charge is 2.30. The Morgan fingerprint density at radius 2 is 1.92 bits per heavy atom. The summed E-state index contributed by atoms with van der Waals surface area (Å²) in [6.45, 7) is 5.50. The third kappa shape index (κ3) is 3.44. The van der Waals surface area contributed by atoms with Crippen LogP contribution in [0, 0.1) is 18.6 Å². The van der Waals surface area contributed by atoms with Crippen LogP contribution in [-0.4, -0.2) is 18.1 Å². The summed E-state index contributed by atoms with van der Waals surface area (Å²) < 4.78 is 39.0. The van der Waals surface area contributed by atoms with Gasteiger partial charge in [-0.2, -0.15) is 0 Å². The Bertz CT molecular complexity index is 841. The summed E-state index contributed by atoms with van der Waals surface area (Å²) in [6, 6.07) is 1.67. The molecular weight excluding hydrogens is 398 g/mol. The van der Waals surface area contributed by atoms with Gasteiger partial charge in [-0.05, 0) is 40.4 Å². The van der Waals surface area contributed by atoms with E-state index in [0.29, 0.717) is 11.3 Å². The van der Waals surface area contributed by atoms with Crippen LogP contribution >= 0.6 is 15.9 Å². The minimum absolute atomic E-state index is 0.0402. The number of aryl methyl sites for hydroxylation is 1. The number of hydrogen-bond acceptors (Lipinski definition) is 5. The summed E-state index contributed by atoms with van der Waals surface area (Å²) >= 11 is 2.88. The van der Waals surface area contributed by atoms with Crippen LogP contribution in [0.5, 0.6) is 11.5 Å². The van der Waals surface area contributed by atoms with Gasteiger partial charge in [0.2, 0.25) is 0 Å². The molecule has 0 radical (unpaired) electrons. The number of nitrogen functional groups attached to an aromatic ring is 1. The minimum Gasteiger partial charge on any atom is -0.465 e. The molecule has 0 aliphatic carbocycles. The second-order valence-electron chi connectivity index (χ2n) is 5.65. The van der Waals surface area contributed by atoms with Crippen molar-refractivity contribution in [3.8, 4) is 11.5 Å². The molecule has 1 aromatic carbocycles. The first-order chi connectivity index (χ1) is 11.7. The van der Waals surface area contributed by atoms with E-state index in [1.54, 1.807) is 19.2 Å². The lowest BCUT2D eigenvalue weighted by Crippen LogP contribution is -2.12. The van der Waals surface area contributed by atoms with Crippen LogP contribution < -0.4 is 10.5 Å². The average Bonchev–Trinajstić information content (AvgIpc) is 2.58. The number of methoxy groups -OCH3 is 1. The number of anilines is 1. The van der Waals surface area contributed by atoms with Crippen LogP contribution in [0.3, 0.4) is 0 Å². The zero-order valence-electron chi connectivity index (χ0n) is 14.1.